The molecule has 0 fully saturated rings. The van der Waals surface area contributed by atoms with Gasteiger partial charge in [0.1, 0.15) is 21.7 Å². The summed E-state index contributed by atoms with van der Waals surface area (Å²) in [4.78, 5) is 4.59. The number of hydrogen-bond acceptors (Lipinski definition) is 5. The first-order valence-electron chi connectivity index (χ1n) is 10.2. The molecule has 0 radical (unpaired) electrons. The van der Waals surface area contributed by atoms with Crippen LogP contribution in [-0.2, 0) is 16.7 Å². The highest BCUT2D eigenvalue weighted by atomic mass is 32.2. The van der Waals surface area contributed by atoms with Crippen molar-refractivity contribution in [3.05, 3.63) is 90.6 Å². The van der Waals surface area contributed by atoms with Gasteiger partial charge in [0.2, 0.25) is 5.52 Å². The van der Waals surface area contributed by atoms with Gasteiger partial charge in [-0.05, 0) is 50.2 Å². The standard InChI is InChI=1S/C18H15N2S.C7H8O3S/c1-2-20-12-14(11-13-7-3-5-9-16(13)20)18-19-15-8-4-6-10-17(15)21-18;1-6-2-4-7(5-3-6)11(8,9)10/h3-12H,2H2,1H3;2-5H,1H3,(H,8,9,10)/q+1;/p-1. The van der Waals surface area contributed by atoms with Crippen LogP contribution in [0.15, 0.2) is 90.0 Å². The Morgan fingerprint density at radius 3 is 2.34 bits per heavy atom. The van der Waals surface area contributed by atoms with Crippen LogP contribution >= 0.6 is 11.3 Å². The molecule has 32 heavy (non-hydrogen) atoms. The first-order chi connectivity index (χ1) is 15.3. The van der Waals surface area contributed by atoms with Crippen molar-refractivity contribution < 1.29 is 17.5 Å². The number of aryl methyl sites for hydroxylation is 2. The van der Waals surface area contributed by atoms with Crippen molar-refractivity contribution in [3.8, 4) is 10.6 Å². The maximum Gasteiger partial charge on any atom is 0.212 e. The molecule has 0 unspecified atom stereocenters. The van der Waals surface area contributed by atoms with Gasteiger partial charge in [-0.15, -0.1) is 11.3 Å². The molecule has 0 saturated carbocycles. The molecule has 0 N–H and O–H groups in total. The van der Waals surface area contributed by atoms with Gasteiger partial charge in [0, 0.05) is 11.5 Å². The van der Waals surface area contributed by atoms with Crippen molar-refractivity contribution in [2.75, 3.05) is 0 Å². The first kappa shape index (κ1) is 22.1. The van der Waals surface area contributed by atoms with E-state index < -0.39 is 10.1 Å². The Balaban J connectivity index is 0.000000189. The van der Waals surface area contributed by atoms with E-state index >= 15 is 0 Å². The molecule has 3 aromatic carbocycles. The van der Waals surface area contributed by atoms with Gasteiger partial charge in [0.15, 0.2) is 6.20 Å². The van der Waals surface area contributed by atoms with E-state index in [0.717, 1.165) is 22.6 Å². The second kappa shape index (κ2) is 9.16. The fraction of sp³-hybridized carbons (Fsp3) is 0.120. The summed E-state index contributed by atoms with van der Waals surface area (Å²) < 4.78 is 34.7. The van der Waals surface area contributed by atoms with E-state index in [1.807, 2.05) is 13.0 Å². The van der Waals surface area contributed by atoms with E-state index in [4.69, 9.17) is 4.98 Å². The van der Waals surface area contributed by atoms with E-state index in [1.54, 1.807) is 23.5 Å². The fourth-order valence-corrected chi connectivity index (χ4v) is 4.81. The van der Waals surface area contributed by atoms with Gasteiger partial charge in [-0.25, -0.2) is 13.4 Å². The third-order valence-electron chi connectivity index (χ3n) is 5.04. The number of hydrogen-bond donors (Lipinski definition) is 0. The van der Waals surface area contributed by atoms with E-state index in [0.29, 0.717) is 0 Å². The highest BCUT2D eigenvalue weighted by molar-refractivity contribution is 7.85. The molecule has 0 bridgehead atoms. The molecule has 5 nitrogen and oxygen atoms in total. The molecule has 0 spiro atoms. The summed E-state index contributed by atoms with van der Waals surface area (Å²) in [6.45, 7) is 4.95. The average molecular weight is 463 g/mol. The fourth-order valence-electron chi connectivity index (χ4n) is 3.39. The monoisotopic (exact) mass is 462 g/mol. The zero-order valence-corrected chi connectivity index (χ0v) is 19.4. The zero-order valence-electron chi connectivity index (χ0n) is 17.7. The van der Waals surface area contributed by atoms with Crippen LogP contribution in [0.4, 0.5) is 0 Å². The van der Waals surface area contributed by atoms with E-state index in [2.05, 4.69) is 66.2 Å². The minimum Gasteiger partial charge on any atom is -0.744 e. The van der Waals surface area contributed by atoms with Crippen molar-refractivity contribution in [1.82, 2.24) is 4.98 Å². The Morgan fingerprint density at radius 2 is 1.66 bits per heavy atom. The van der Waals surface area contributed by atoms with Crippen molar-refractivity contribution in [2.45, 2.75) is 25.3 Å². The SMILES string of the molecule is CC[n+]1cc(-c2nc3ccccc3s2)cc2ccccc21.Cc1ccc(S(=O)(=O)[O-])cc1. The number of thiazole rings is 1. The predicted octanol–water partition coefficient (Wildman–Crippen LogP) is 5.32. The lowest BCUT2D eigenvalue weighted by molar-refractivity contribution is -0.667. The molecular weight excluding hydrogens is 440 g/mol. The van der Waals surface area contributed by atoms with E-state index in [-0.39, 0.29) is 4.90 Å². The Kier molecular flexibility index (Phi) is 6.32. The molecule has 0 amide bonds. The highest BCUT2D eigenvalue weighted by Gasteiger charge is 2.13. The first-order valence-corrected chi connectivity index (χ1v) is 12.4. The molecule has 0 aliphatic heterocycles. The van der Waals surface area contributed by atoms with E-state index in [1.165, 1.54) is 33.3 Å². The van der Waals surface area contributed by atoms with Crippen molar-refractivity contribution >= 4 is 42.6 Å². The molecule has 5 rings (SSSR count). The summed E-state index contributed by atoms with van der Waals surface area (Å²) in [6, 6.07) is 24.8. The summed E-state index contributed by atoms with van der Waals surface area (Å²) in [5.41, 5.74) is 4.47. The third kappa shape index (κ3) is 4.85. The van der Waals surface area contributed by atoms with Crippen LogP contribution < -0.4 is 4.57 Å². The Labute approximate surface area is 191 Å². The van der Waals surface area contributed by atoms with Gasteiger partial charge in [-0.1, -0.05) is 42.0 Å². The maximum absolute atomic E-state index is 10.4. The van der Waals surface area contributed by atoms with Crippen molar-refractivity contribution in [2.24, 2.45) is 0 Å². The predicted molar refractivity (Wildman–Crippen MR) is 128 cm³/mol. The normalized spacial score (nSPS) is 11.3. The molecule has 2 aromatic heterocycles. The second-order valence-corrected chi connectivity index (χ2v) is 9.74. The van der Waals surface area contributed by atoms with Gasteiger partial charge in [-0.2, -0.15) is 4.57 Å². The van der Waals surface area contributed by atoms with Crippen LogP contribution in [0.3, 0.4) is 0 Å². The van der Waals surface area contributed by atoms with Gasteiger partial charge < -0.3 is 4.55 Å². The molecule has 0 saturated heterocycles. The second-order valence-electron chi connectivity index (χ2n) is 7.33. The van der Waals surface area contributed by atoms with Crippen LogP contribution in [-0.4, -0.2) is 18.0 Å². The Hall–Kier alpha value is -3.13. The average Bonchev–Trinajstić information content (AvgIpc) is 3.23. The van der Waals surface area contributed by atoms with Gasteiger partial charge in [0.05, 0.1) is 20.7 Å². The lowest BCUT2D eigenvalue weighted by Crippen LogP contribution is -2.32. The summed E-state index contributed by atoms with van der Waals surface area (Å²) in [5, 5.41) is 2.35. The number of para-hydroxylation sites is 2. The van der Waals surface area contributed by atoms with Crippen LogP contribution in [0.5, 0.6) is 0 Å². The Morgan fingerprint density at radius 1 is 0.969 bits per heavy atom. The lowest BCUT2D eigenvalue weighted by atomic mass is 10.1. The molecular formula is C25H22N2O3S2. The van der Waals surface area contributed by atoms with Crippen LogP contribution in [0, 0.1) is 6.92 Å². The maximum atomic E-state index is 10.4. The van der Waals surface area contributed by atoms with E-state index in [9.17, 15) is 13.0 Å². The molecule has 7 heteroatoms. The molecule has 5 aromatic rings. The summed E-state index contributed by atoms with van der Waals surface area (Å²) in [7, 11) is -4.27. The third-order valence-corrected chi connectivity index (χ3v) is 6.98. The molecule has 0 atom stereocenters. The molecule has 0 aliphatic rings. The largest absolute Gasteiger partial charge is 0.744 e. The zero-order chi connectivity index (χ0) is 22.7. The lowest BCUT2D eigenvalue weighted by Gasteiger charge is -2.05. The quantitative estimate of drug-likeness (QED) is 0.269. The van der Waals surface area contributed by atoms with Gasteiger partial charge >= 0.3 is 0 Å². The summed E-state index contributed by atoms with van der Waals surface area (Å²) >= 11 is 1.75. The van der Waals surface area contributed by atoms with Crippen molar-refractivity contribution in [3.63, 3.8) is 0 Å². The van der Waals surface area contributed by atoms with Crippen LogP contribution in [0.25, 0.3) is 31.7 Å². The summed E-state index contributed by atoms with van der Waals surface area (Å²) in [6.07, 6.45) is 2.21. The number of aromatic nitrogens is 2. The van der Waals surface area contributed by atoms with Crippen molar-refractivity contribution in [1.29, 1.82) is 0 Å². The molecule has 0 aliphatic carbocycles. The number of pyridine rings is 1. The summed E-state index contributed by atoms with van der Waals surface area (Å²) in [5.74, 6) is 0. The number of rotatable bonds is 3. The van der Waals surface area contributed by atoms with Crippen LogP contribution in [0.2, 0.25) is 0 Å². The highest BCUT2D eigenvalue weighted by Crippen LogP contribution is 2.30. The van der Waals surface area contributed by atoms with Gasteiger partial charge in [0.25, 0.3) is 0 Å². The van der Waals surface area contributed by atoms with Gasteiger partial charge in [-0.3, -0.25) is 0 Å². The minimum atomic E-state index is -4.27. The van der Waals surface area contributed by atoms with Crippen LogP contribution in [0.1, 0.15) is 12.5 Å². The topological polar surface area (TPSA) is 74.0 Å². The Bertz CT molecular complexity index is 1460. The molecule has 162 valence electrons. The number of nitrogens with zero attached hydrogens (tertiary/aromatic N) is 2. The minimum absolute atomic E-state index is 0.178. The molecule has 2 heterocycles. The number of benzene rings is 3. The smallest absolute Gasteiger partial charge is 0.212 e. The number of fused-ring (bicyclic) bond motifs is 2.